The van der Waals surface area contributed by atoms with Crippen LogP contribution in [0.3, 0.4) is 0 Å². The summed E-state index contributed by atoms with van der Waals surface area (Å²) in [4.78, 5) is 0. The molecule has 0 heterocycles. The van der Waals surface area contributed by atoms with Crippen molar-refractivity contribution in [1.29, 1.82) is 0 Å². The maximum Gasteiger partial charge on any atom is 0.0320 e. The van der Waals surface area contributed by atoms with E-state index in [-0.39, 0.29) is 0 Å². The zero-order valence-corrected chi connectivity index (χ0v) is 8.92. The van der Waals surface area contributed by atoms with E-state index in [1.807, 2.05) is 0 Å². The lowest BCUT2D eigenvalue weighted by Gasteiger charge is -2.22. The van der Waals surface area contributed by atoms with E-state index in [0.29, 0.717) is 6.04 Å². The van der Waals surface area contributed by atoms with Crippen LogP contribution in [0, 0.1) is 0 Å². The molecule has 1 nitrogen and oxygen atoms in total. The Morgan fingerprint density at radius 2 is 2.00 bits per heavy atom. The second-order valence-corrected chi connectivity index (χ2v) is 4.14. The Morgan fingerprint density at radius 3 is 2.86 bits per heavy atom. The highest BCUT2D eigenvalue weighted by atomic mass is 14.9. The molecule has 1 unspecified atom stereocenters. The van der Waals surface area contributed by atoms with E-state index in [9.17, 15) is 0 Å². The quantitative estimate of drug-likeness (QED) is 0.716. The maximum absolute atomic E-state index is 3.43. The summed E-state index contributed by atoms with van der Waals surface area (Å²) in [5.74, 6) is 0. The Balaban J connectivity index is 2.31. The molecule has 1 atom stereocenters. The molecule has 0 aromatic heterocycles. The van der Waals surface area contributed by atoms with E-state index in [1.54, 1.807) is 5.56 Å². The van der Waals surface area contributed by atoms with E-state index < -0.39 is 0 Å². The van der Waals surface area contributed by atoms with Crippen LogP contribution in [0.25, 0.3) is 0 Å². The van der Waals surface area contributed by atoms with Gasteiger partial charge >= 0.3 is 0 Å². The number of fused-ring (bicyclic) bond motifs is 1. The predicted molar refractivity (Wildman–Crippen MR) is 60.4 cm³/mol. The van der Waals surface area contributed by atoms with E-state index >= 15 is 0 Å². The van der Waals surface area contributed by atoms with Gasteiger partial charge in [-0.1, -0.05) is 37.1 Å². The van der Waals surface area contributed by atoms with Crippen molar-refractivity contribution in [2.75, 3.05) is 7.05 Å². The Bertz CT molecular complexity index is 293. The van der Waals surface area contributed by atoms with Gasteiger partial charge in [-0.3, -0.25) is 0 Å². The fraction of sp³-hybridized carbons (Fsp3) is 0.538. The molecule has 1 aliphatic carbocycles. The van der Waals surface area contributed by atoms with Gasteiger partial charge in [0.1, 0.15) is 0 Å². The molecule has 1 aliphatic rings. The second-order valence-electron chi connectivity index (χ2n) is 4.14. The molecule has 0 aliphatic heterocycles. The largest absolute Gasteiger partial charge is 0.313 e. The lowest BCUT2D eigenvalue weighted by Crippen LogP contribution is -2.19. The fourth-order valence-electron chi connectivity index (χ4n) is 2.40. The lowest BCUT2D eigenvalue weighted by atomic mass is 9.90. The van der Waals surface area contributed by atoms with Crippen LogP contribution in [0.2, 0.25) is 0 Å². The minimum atomic E-state index is 0.575. The van der Waals surface area contributed by atoms with Crippen molar-refractivity contribution in [2.45, 2.75) is 38.1 Å². The molecule has 0 fully saturated rings. The zero-order chi connectivity index (χ0) is 9.80. The van der Waals surface area contributed by atoms with E-state index in [4.69, 9.17) is 0 Å². The monoisotopic (exact) mass is 189 g/mol. The van der Waals surface area contributed by atoms with Crippen molar-refractivity contribution in [3.8, 4) is 0 Å². The molecular weight excluding hydrogens is 170 g/mol. The Hall–Kier alpha value is -0.820. The fourth-order valence-corrected chi connectivity index (χ4v) is 2.40. The molecule has 1 N–H and O–H groups in total. The molecule has 0 amide bonds. The molecule has 0 saturated carbocycles. The Labute approximate surface area is 86.5 Å². The summed E-state index contributed by atoms with van der Waals surface area (Å²) in [5.41, 5.74) is 3.07. The molecule has 1 heteroatoms. The van der Waals surface area contributed by atoms with Crippen molar-refractivity contribution in [1.82, 2.24) is 5.32 Å². The minimum Gasteiger partial charge on any atom is -0.313 e. The third kappa shape index (κ3) is 1.98. The van der Waals surface area contributed by atoms with Gasteiger partial charge in [-0.05, 0) is 37.4 Å². The predicted octanol–water partition coefficient (Wildman–Crippen LogP) is 3.06. The number of rotatable bonds is 1. The third-order valence-electron chi connectivity index (χ3n) is 3.22. The molecule has 1 aromatic rings. The van der Waals surface area contributed by atoms with Crippen LogP contribution < -0.4 is 5.32 Å². The second kappa shape index (κ2) is 4.61. The Kier molecular flexibility index (Phi) is 3.20. The van der Waals surface area contributed by atoms with Crippen molar-refractivity contribution >= 4 is 0 Å². The number of hydrogen-bond acceptors (Lipinski definition) is 1. The first-order valence-corrected chi connectivity index (χ1v) is 5.67. The molecule has 0 saturated heterocycles. The molecule has 76 valence electrons. The topological polar surface area (TPSA) is 12.0 Å². The lowest BCUT2D eigenvalue weighted by molar-refractivity contribution is 0.488. The van der Waals surface area contributed by atoms with Gasteiger partial charge in [0.2, 0.25) is 0 Å². The maximum atomic E-state index is 3.43. The average Bonchev–Trinajstić information content (AvgIpc) is 2.20. The molecule has 0 radical (unpaired) electrons. The summed E-state index contributed by atoms with van der Waals surface area (Å²) in [7, 11) is 2.07. The van der Waals surface area contributed by atoms with Crippen LogP contribution in [0.1, 0.15) is 42.9 Å². The van der Waals surface area contributed by atoms with Crippen LogP contribution in [-0.2, 0) is 6.42 Å². The van der Waals surface area contributed by atoms with Gasteiger partial charge in [-0.2, -0.15) is 0 Å². The molecule has 2 rings (SSSR count). The molecule has 0 bridgehead atoms. The standard InChI is InChI=1S/C13H19N/c1-14-13-10-4-2-3-7-11-8-5-6-9-12(11)13/h5-6,8-9,13-14H,2-4,7,10H2,1H3. The molecule has 14 heavy (non-hydrogen) atoms. The van der Waals surface area contributed by atoms with Crippen molar-refractivity contribution in [3.05, 3.63) is 35.4 Å². The SMILES string of the molecule is CNC1CCCCCc2ccccc21. The van der Waals surface area contributed by atoms with E-state index in [2.05, 4.69) is 36.6 Å². The summed E-state index contributed by atoms with van der Waals surface area (Å²) in [5, 5.41) is 3.43. The van der Waals surface area contributed by atoms with Gasteiger partial charge in [-0.15, -0.1) is 0 Å². The van der Waals surface area contributed by atoms with Crippen LogP contribution >= 0.6 is 0 Å². The van der Waals surface area contributed by atoms with Crippen molar-refractivity contribution in [3.63, 3.8) is 0 Å². The van der Waals surface area contributed by atoms with Gasteiger partial charge < -0.3 is 5.32 Å². The average molecular weight is 189 g/mol. The number of nitrogens with one attached hydrogen (secondary N) is 1. The smallest absolute Gasteiger partial charge is 0.0320 e. The van der Waals surface area contributed by atoms with Gasteiger partial charge in [0.05, 0.1) is 0 Å². The summed E-state index contributed by atoms with van der Waals surface area (Å²) in [6, 6.07) is 9.46. The molecule has 1 aromatic carbocycles. The van der Waals surface area contributed by atoms with Crippen LogP contribution in [-0.4, -0.2) is 7.05 Å². The summed E-state index contributed by atoms with van der Waals surface area (Å²) >= 11 is 0. The van der Waals surface area contributed by atoms with Crippen LogP contribution in [0.15, 0.2) is 24.3 Å². The third-order valence-corrected chi connectivity index (χ3v) is 3.22. The van der Waals surface area contributed by atoms with Gasteiger partial charge in [0.25, 0.3) is 0 Å². The highest BCUT2D eigenvalue weighted by Crippen LogP contribution is 2.27. The first kappa shape index (κ1) is 9.72. The molecular formula is C13H19N. The summed E-state index contributed by atoms with van der Waals surface area (Å²) in [6.45, 7) is 0. The summed E-state index contributed by atoms with van der Waals surface area (Å²) < 4.78 is 0. The first-order chi connectivity index (χ1) is 6.92. The summed E-state index contributed by atoms with van der Waals surface area (Å²) in [6.07, 6.45) is 6.64. The van der Waals surface area contributed by atoms with E-state index in [1.165, 1.54) is 37.7 Å². The normalized spacial score (nSPS) is 22.2. The number of aryl methyl sites for hydroxylation is 1. The minimum absolute atomic E-state index is 0.575. The van der Waals surface area contributed by atoms with Gasteiger partial charge in [0, 0.05) is 6.04 Å². The number of benzene rings is 1. The van der Waals surface area contributed by atoms with Crippen molar-refractivity contribution < 1.29 is 0 Å². The number of hydrogen-bond donors (Lipinski definition) is 1. The Morgan fingerprint density at radius 1 is 1.14 bits per heavy atom. The first-order valence-electron chi connectivity index (χ1n) is 5.67. The van der Waals surface area contributed by atoms with Gasteiger partial charge in [-0.25, -0.2) is 0 Å². The van der Waals surface area contributed by atoms with Crippen molar-refractivity contribution in [2.24, 2.45) is 0 Å². The van der Waals surface area contributed by atoms with Crippen LogP contribution in [0.5, 0.6) is 0 Å². The molecule has 0 spiro atoms. The van der Waals surface area contributed by atoms with E-state index in [0.717, 1.165) is 0 Å². The van der Waals surface area contributed by atoms with Gasteiger partial charge in [0.15, 0.2) is 0 Å². The highest BCUT2D eigenvalue weighted by molar-refractivity contribution is 5.30. The van der Waals surface area contributed by atoms with Crippen LogP contribution in [0.4, 0.5) is 0 Å². The highest BCUT2D eigenvalue weighted by Gasteiger charge is 2.14. The zero-order valence-electron chi connectivity index (χ0n) is 8.92.